The van der Waals surface area contributed by atoms with Gasteiger partial charge in [0.2, 0.25) is 11.2 Å². The first-order valence-electron chi connectivity index (χ1n) is 13.3. The van der Waals surface area contributed by atoms with Crippen LogP contribution in [-0.4, -0.2) is 52.9 Å². The van der Waals surface area contributed by atoms with Gasteiger partial charge in [-0.15, -0.1) is 0 Å². The second-order valence-electron chi connectivity index (χ2n) is 10.9. The zero-order valence-electron chi connectivity index (χ0n) is 22.2. The first kappa shape index (κ1) is 26.8. The molecule has 2 N–H and O–H groups in total. The summed E-state index contributed by atoms with van der Waals surface area (Å²) < 4.78 is 9.07. The molecule has 9 heteroatoms. The Balaban J connectivity index is 1.35. The van der Waals surface area contributed by atoms with Gasteiger partial charge in [0.15, 0.2) is 5.65 Å². The molecule has 0 aliphatic heterocycles. The van der Waals surface area contributed by atoms with Crippen LogP contribution in [0.4, 0.5) is 5.95 Å². The third kappa shape index (κ3) is 5.94. The minimum absolute atomic E-state index is 0.0250. The molecule has 0 spiro atoms. The average molecular weight is 549 g/mol. The summed E-state index contributed by atoms with van der Waals surface area (Å²) in [4.78, 5) is 13.2. The molecular formula is C29H35ClN5O2Si. The Morgan fingerprint density at radius 1 is 1.00 bits per heavy atom. The number of aliphatic hydroxyl groups is 1. The van der Waals surface area contributed by atoms with E-state index < -0.39 is 9.04 Å². The molecule has 38 heavy (non-hydrogen) atoms. The van der Waals surface area contributed by atoms with Crippen LogP contribution in [0.1, 0.15) is 58.1 Å². The zero-order chi connectivity index (χ0) is 26.7. The number of anilines is 1. The number of fused-ring (bicyclic) bond motifs is 1. The minimum Gasteiger partial charge on any atom is -0.404 e. The molecule has 0 amide bonds. The first-order valence-corrected chi connectivity index (χ1v) is 15.1. The fraction of sp³-hybridized carbons (Fsp3) is 0.414. The highest BCUT2D eigenvalue weighted by Crippen LogP contribution is 2.35. The number of benzene rings is 2. The maximum absolute atomic E-state index is 9.35. The number of rotatable bonds is 8. The first-order chi connectivity index (χ1) is 18.3. The van der Waals surface area contributed by atoms with Crippen molar-refractivity contribution in [3.8, 4) is 0 Å². The molecule has 2 aromatic heterocycles. The number of hydrogen-bond acceptors (Lipinski definition) is 6. The van der Waals surface area contributed by atoms with Crippen LogP contribution in [0.25, 0.3) is 11.2 Å². The van der Waals surface area contributed by atoms with Crippen LogP contribution in [0.5, 0.6) is 0 Å². The monoisotopic (exact) mass is 548 g/mol. The number of nitrogens with zero attached hydrogens (tertiary/aromatic N) is 4. The maximum Gasteiger partial charge on any atom is 0.283 e. The number of aromatic nitrogens is 4. The summed E-state index contributed by atoms with van der Waals surface area (Å²) >= 11 is 6.13. The lowest BCUT2D eigenvalue weighted by molar-refractivity contribution is 0.138. The predicted octanol–water partition coefficient (Wildman–Crippen LogP) is 4.49. The molecule has 7 nitrogen and oxygen atoms in total. The van der Waals surface area contributed by atoms with Crippen LogP contribution in [-0.2, 0) is 9.84 Å². The van der Waals surface area contributed by atoms with Crippen LogP contribution in [0.2, 0.25) is 5.28 Å². The van der Waals surface area contributed by atoms with Crippen molar-refractivity contribution in [2.75, 3.05) is 18.5 Å². The van der Waals surface area contributed by atoms with Crippen molar-refractivity contribution in [3.05, 3.63) is 71.6 Å². The van der Waals surface area contributed by atoms with Crippen molar-refractivity contribution >= 4 is 48.1 Å². The van der Waals surface area contributed by atoms with E-state index in [2.05, 4.69) is 100 Å². The lowest BCUT2D eigenvalue weighted by atomic mass is 9.87. The summed E-state index contributed by atoms with van der Waals surface area (Å²) in [6.07, 6.45) is 5.62. The average Bonchev–Trinajstić information content (AvgIpc) is 3.28. The SMILES string of the molecule is CC(C)(C)c1ccc([Si](OC2CCC(n3c(NCCO)nc4cnc(Cl)nc43)CC2)c2ccccc2)cc1. The Morgan fingerprint density at radius 2 is 1.68 bits per heavy atom. The zero-order valence-corrected chi connectivity index (χ0v) is 23.9. The van der Waals surface area contributed by atoms with Crippen molar-refractivity contribution in [3.63, 3.8) is 0 Å². The number of hydrogen-bond donors (Lipinski definition) is 2. The molecule has 1 aliphatic rings. The van der Waals surface area contributed by atoms with Gasteiger partial charge in [0.25, 0.3) is 9.04 Å². The van der Waals surface area contributed by atoms with E-state index in [4.69, 9.17) is 16.0 Å². The number of aliphatic hydroxyl groups excluding tert-OH is 1. The maximum atomic E-state index is 9.35. The van der Waals surface area contributed by atoms with Gasteiger partial charge in [-0.05, 0) is 58.6 Å². The topological polar surface area (TPSA) is 85.1 Å². The molecule has 0 bridgehead atoms. The second kappa shape index (κ2) is 11.5. The van der Waals surface area contributed by atoms with E-state index in [0.717, 1.165) is 31.3 Å². The van der Waals surface area contributed by atoms with Crippen molar-refractivity contribution in [1.29, 1.82) is 0 Å². The highest BCUT2D eigenvalue weighted by atomic mass is 35.5. The van der Waals surface area contributed by atoms with Gasteiger partial charge in [0.1, 0.15) is 5.52 Å². The van der Waals surface area contributed by atoms with E-state index in [-0.39, 0.29) is 29.5 Å². The van der Waals surface area contributed by atoms with Crippen LogP contribution in [0.15, 0.2) is 60.8 Å². The molecule has 199 valence electrons. The van der Waals surface area contributed by atoms with Crippen LogP contribution < -0.4 is 15.7 Å². The molecule has 5 rings (SSSR count). The van der Waals surface area contributed by atoms with E-state index in [1.807, 2.05) is 0 Å². The molecule has 1 saturated carbocycles. The third-order valence-corrected chi connectivity index (χ3v) is 9.61. The summed E-state index contributed by atoms with van der Waals surface area (Å²) in [5.41, 5.74) is 2.87. The van der Waals surface area contributed by atoms with E-state index in [9.17, 15) is 5.11 Å². The molecule has 0 unspecified atom stereocenters. The molecule has 1 fully saturated rings. The van der Waals surface area contributed by atoms with Gasteiger partial charge in [0, 0.05) is 18.7 Å². The van der Waals surface area contributed by atoms with Gasteiger partial charge >= 0.3 is 0 Å². The van der Waals surface area contributed by atoms with Crippen LogP contribution >= 0.6 is 11.6 Å². The Morgan fingerprint density at radius 3 is 2.34 bits per heavy atom. The second-order valence-corrected chi connectivity index (χ2v) is 13.3. The Hall–Kier alpha value is -2.78. The molecule has 1 aliphatic carbocycles. The normalized spacial score (nSPS) is 18.3. The van der Waals surface area contributed by atoms with Gasteiger partial charge in [-0.3, -0.25) is 4.57 Å². The molecule has 0 saturated heterocycles. The van der Waals surface area contributed by atoms with Gasteiger partial charge in [0.05, 0.1) is 12.8 Å². The van der Waals surface area contributed by atoms with Crippen molar-refractivity contribution in [2.45, 2.75) is 64.0 Å². The Labute approximate surface area is 231 Å². The van der Waals surface area contributed by atoms with Crippen molar-refractivity contribution < 1.29 is 9.53 Å². The van der Waals surface area contributed by atoms with E-state index >= 15 is 0 Å². The quantitative estimate of drug-likeness (QED) is 0.249. The smallest absolute Gasteiger partial charge is 0.283 e. The standard InChI is InChI=1S/C29H35ClN5O2Si/c1-29(2,3)20-9-15-24(16-10-20)38(23-7-5-4-6-8-23)37-22-13-11-21(12-14-22)35-26-25(19-32-27(30)34-26)33-28(35)31-17-18-36/h4-10,15-16,19,21-22,36H,11-14,17-18H2,1-3H3,(H,31,33). The molecule has 1 radical (unpaired) electrons. The highest BCUT2D eigenvalue weighted by Gasteiger charge is 2.30. The molecule has 4 aromatic rings. The summed E-state index contributed by atoms with van der Waals surface area (Å²) in [6, 6.07) is 19.9. The third-order valence-electron chi connectivity index (χ3n) is 7.14. The molecule has 0 atom stereocenters. The molecule has 2 aromatic carbocycles. The Bertz CT molecular complexity index is 1350. The highest BCUT2D eigenvalue weighted by molar-refractivity contribution is 6.80. The summed E-state index contributed by atoms with van der Waals surface area (Å²) in [6.45, 7) is 7.17. The van der Waals surface area contributed by atoms with E-state index in [0.29, 0.717) is 18.0 Å². The summed E-state index contributed by atoms with van der Waals surface area (Å²) in [7, 11) is -1.39. The fourth-order valence-electron chi connectivity index (χ4n) is 5.11. The van der Waals surface area contributed by atoms with Gasteiger partial charge < -0.3 is 14.8 Å². The lowest BCUT2D eigenvalue weighted by Crippen LogP contribution is -2.48. The summed E-state index contributed by atoms with van der Waals surface area (Å²) in [5.74, 6) is 0.697. The van der Waals surface area contributed by atoms with Gasteiger partial charge in [-0.2, -0.15) is 4.98 Å². The number of imidazole rings is 1. The largest absolute Gasteiger partial charge is 0.404 e. The van der Waals surface area contributed by atoms with Gasteiger partial charge in [-0.1, -0.05) is 75.4 Å². The fourth-order valence-corrected chi connectivity index (χ4v) is 7.38. The van der Waals surface area contributed by atoms with Crippen LogP contribution in [0, 0.1) is 0 Å². The van der Waals surface area contributed by atoms with Crippen LogP contribution in [0.3, 0.4) is 0 Å². The lowest BCUT2D eigenvalue weighted by Gasteiger charge is -2.32. The minimum atomic E-state index is -1.39. The number of halogens is 1. The summed E-state index contributed by atoms with van der Waals surface area (Å²) in [5, 5.41) is 15.3. The molecule has 2 heterocycles. The van der Waals surface area contributed by atoms with Crippen molar-refractivity contribution in [1.82, 2.24) is 19.5 Å². The van der Waals surface area contributed by atoms with Gasteiger partial charge in [-0.25, -0.2) is 9.97 Å². The number of nitrogens with one attached hydrogen (secondary N) is 1. The van der Waals surface area contributed by atoms with E-state index in [1.54, 1.807) is 6.20 Å². The predicted molar refractivity (Wildman–Crippen MR) is 155 cm³/mol. The Kier molecular flexibility index (Phi) is 8.14. The van der Waals surface area contributed by atoms with Crippen molar-refractivity contribution in [2.24, 2.45) is 0 Å². The molecular weight excluding hydrogens is 514 g/mol. The van der Waals surface area contributed by atoms with E-state index in [1.165, 1.54) is 15.9 Å².